The van der Waals surface area contributed by atoms with Crippen molar-refractivity contribution in [3.63, 3.8) is 0 Å². The Morgan fingerprint density at radius 3 is 2.39 bits per heavy atom. The van der Waals surface area contributed by atoms with Gasteiger partial charge in [0.05, 0.1) is 19.8 Å². The van der Waals surface area contributed by atoms with Crippen molar-refractivity contribution in [1.82, 2.24) is 10.1 Å². The van der Waals surface area contributed by atoms with Crippen LogP contribution in [0.25, 0.3) is 22.8 Å². The van der Waals surface area contributed by atoms with Crippen LogP contribution in [0.4, 0.5) is 5.69 Å². The van der Waals surface area contributed by atoms with Crippen molar-refractivity contribution >= 4 is 17.6 Å². The largest absolute Gasteiger partial charge is 0.465 e. The van der Waals surface area contributed by atoms with Crippen LogP contribution < -0.4 is 4.90 Å². The van der Waals surface area contributed by atoms with E-state index in [2.05, 4.69) is 10.1 Å². The smallest absolute Gasteiger partial charge is 0.355 e. The van der Waals surface area contributed by atoms with Crippen molar-refractivity contribution in [3.05, 3.63) is 89.8 Å². The zero-order chi connectivity index (χ0) is 23.4. The zero-order valence-corrected chi connectivity index (χ0v) is 18.3. The van der Waals surface area contributed by atoms with E-state index in [0.717, 1.165) is 11.1 Å². The normalized spacial score (nSPS) is 13.1. The molecular formula is C25H21N3O5. The minimum Gasteiger partial charge on any atom is -0.465 e. The Morgan fingerprint density at radius 2 is 1.70 bits per heavy atom. The summed E-state index contributed by atoms with van der Waals surface area (Å²) >= 11 is 0. The second-order valence-corrected chi connectivity index (χ2v) is 7.16. The molecule has 1 aromatic heterocycles. The summed E-state index contributed by atoms with van der Waals surface area (Å²) in [6, 6.07) is 15.0. The maximum Gasteiger partial charge on any atom is 0.355 e. The number of aryl methyl sites for hydroxylation is 1. The number of hydrogen-bond acceptors (Lipinski definition) is 8. The third-order valence-electron chi connectivity index (χ3n) is 4.98. The van der Waals surface area contributed by atoms with Gasteiger partial charge >= 0.3 is 11.9 Å². The first-order valence-electron chi connectivity index (χ1n) is 10.1. The van der Waals surface area contributed by atoms with E-state index >= 15 is 0 Å². The molecule has 0 spiro atoms. The molecule has 0 N–H and O–H groups in total. The number of anilines is 1. The van der Waals surface area contributed by atoms with E-state index in [9.17, 15) is 9.59 Å². The number of hydrogen-bond donors (Lipinski definition) is 0. The van der Waals surface area contributed by atoms with E-state index in [1.807, 2.05) is 31.2 Å². The Bertz CT molecular complexity index is 1290. The van der Waals surface area contributed by atoms with Crippen molar-refractivity contribution < 1.29 is 23.6 Å². The Kier molecular flexibility index (Phi) is 6.17. The number of ether oxygens (including phenoxy) is 2. The van der Waals surface area contributed by atoms with Crippen LogP contribution >= 0.6 is 0 Å². The molecule has 4 rings (SSSR count). The standard InChI is InChI=1S/C25H21N3O5/c1-16-7-6-8-18(15-16)22-26-23(33-27-22)17-10-12-19(13-11-17)28-14-5-4-9-20(24(29)31-2)21(28)25(30)32-3/h4-15H,1-3H3. The fraction of sp³-hybridized carbons (Fsp3) is 0.120. The number of aromatic nitrogens is 2. The molecule has 0 bridgehead atoms. The number of rotatable bonds is 5. The fourth-order valence-electron chi connectivity index (χ4n) is 3.37. The van der Waals surface area contributed by atoms with Gasteiger partial charge in [-0.2, -0.15) is 4.98 Å². The first kappa shape index (κ1) is 21.8. The minimum absolute atomic E-state index is 0.0432. The SMILES string of the molecule is COC(=O)C1=C(C(=O)OC)N(c2ccc(-c3nc(-c4cccc(C)c4)no3)cc2)C=CC=C1. The van der Waals surface area contributed by atoms with E-state index in [0.29, 0.717) is 23.0 Å². The van der Waals surface area contributed by atoms with Crippen LogP contribution in [0, 0.1) is 6.92 Å². The van der Waals surface area contributed by atoms with Gasteiger partial charge in [0, 0.05) is 23.0 Å². The maximum atomic E-state index is 12.6. The summed E-state index contributed by atoms with van der Waals surface area (Å²) in [5.74, 6) is -0.454. The van der Waals surface area contributed by atoms with E-state index in [1.54, 1.807) is 47.5 Å². The zero-order valence-electron chi connectivity index (χ0n) is 18.3. The van der Waals surface area contributed by atoms with Gasteiger partial charge in [0.25, 0.3) is 5.89 Å². The number of esters is 2. The van der Waals surface area contributed by atoms with Crippen LogP contribution in [0.15, 0.2) is 88.8 Å². The van der Waals surface area contributed by atoms with Crippen LogP contribution in [0.1, 0.15) is 5.56 Å². The number of allylic oxidation sites excluding steroid dienone is 2. The molecule has 8 heteroatoms. The van der Waals surface area contributed by atoms with Crippen molar-refractivity contribution in [3.8, 4) is 22.8 Å². The van der Waals surface area contributed by atoms with Gasteiger partial charge in [-0.25, -0.2) is 9.59 Å². The third kappa shape index (κ3) is 4.45. The average molecular weight is 443 g/mol. The summed E-state index contributed by atoms with van der Waals surface area (Å²) in [7, 11) is 2.51. The molecule has 2 heterocycles. The number of carbonyl (C=O) groups is 2. The molecule has 0 atom stereocenters. The molecule has 0 amide bonds. The van der Waals surface area contributed by atoms with Gasteiger partial charge in [0.1, 0.15) is 5.70 Å². The summed E-state index contributed by atoms with van der Waals surface area (Å²) in [5.41, 5.74) is 3.42. The number of carbonyl (C=O) groups excluding carboxylic acids is 2. The Morgan fingerprint density at radius 1 is 0.939 bits per heavy atom. The van der Waals surface area contributed by atoms with Crippen LogP contribution in [-0.2, 0) is 19.1 Å². The predicted octanol–water partition coefficient (Wildman–Crippen LogP) is 4.20. The predicted molar refractivity (Wildman–Crippen MR) is 122 cm³/mol. The Balaban J connectivity index is 1.67. The van der Waals surface area contributed by atoms with Gasteiger partial charge in [-0.05, 0) is 49.4 Å². The fourth-order valence-corrected chi connectivity index (χ4v) is 3.37. The van der Waals surface area contributed by atoms with Crippen LogP contribution in [0.2, 0.25) is 0 Å². The highest BCUT2D eigenvalue weighted by molar-refractivity contribution is 6.05. The van der Waals surface area contributed by atoms with Crippen molar-refractivity contribution in [2.75, 3.05) is 19.1 Å². The summed E-state index contributed by atoms with van der Waals surface area (Å²) in [5, 5.41) is 4.08. The molecule has 0 fully saturated rings. The number of benzene rings is 2. The molecule has 1 aliphatic rings. The minimum atomic E-state index is -0.671. The number of nitrogens with zero attached hydrogens (tertiary/aromatic N) is 3. The molecule has 2 aromatic carbocycles. The van der Waals surface area contributed by atoms with Gasteiger partial charge in [-0.3, -0.25) is 0 Å². The lowest BCUT2D eigenvalue weighted by atomic mass is 10.1. The highest BCUT2D eigenvalue weighted by atomic mass is 16.5. The van der Waals surface area contributed by atoms with E-state index in [4.69, 9.17) is 14.0 Å². The van der Waals surface area contributed by atoms with E-state index < -0.39 is 11.9 Å². The molecule has 166 valence electrons. The monoisotopic (exact) mass is 443 g/mol. The van der Waals surface area contributed by atoms with Crippen molar-refractivity contribution in [1.29, 1.82) is 0 Å². The summed E-state index contributed by atoms with van der Waals surface area (Å²) in [6.45, 7) is 2.00. The molecule has 0 radical (unpaired) electrons. The quantitative estimate of drug-likeness (QED) is 0.542. The highest BCUT2D eigenvalue weighted by Gasteiger charge is 2.27. The lowest BCUT2D eigenvalue weighted by Crippen LogP contribution is -2.26. The van der Waals surface area contributed by atoms with Crippen LogP contribution in [0.3, 0.4) is 0 Å². The number of methoxy groups -OCH3 is 2. The molecule has 0 aliphatic carbocycles. The molecule has 3 aromatic rings. The van der Waals surface area contributed by atoms with Gasteiger partial charge in [-0.1, -0.05) is 35.0 Å². The summed E-state index contributed by atoms with van der Waals surface area (Å²) in [6.07, 6.45) is 6.53. The highest BCUT2D eigenvalue weighted by Crippen LogP contribution is 2.29. The first-order valence-corrected chi connectivity index (χ1v) is 10.1. The topological polar surface area (TPSA) is 94.8 Å². The van der Waals surface area contributed by atoms with Crippen LogP contribution in [-0.4, -0.2) is 36.3 Å². The molecular weight excluding hydrogens is 422 g/mol. The van der Waals surface area contributed by atoms with E-state index in [-0.39, 0.29) is 11.3 Å². The lowest BCUT2D eigenvalue weighted by molar-refractivity contribution is -0.139. The Hall–Kier alpha value is -4.46. The Labute approximate surface area is 190 Å². The second-order valence-electron chi connectivity index (χ2n) is 7.16. The summed E-state index contributed by atoms with van der Waals surface area (Å²) in [4.78, 5) is 30.9. The van der Waals surface area contributed by atoms with E-state index in [1.165, 1.54) is 20.3 Å². The van der Waals surface area contributed by atoms with Crippen molar-refractivity contribution in [2.24, 2.45) is 0 Å². The van der Waals surface area contributed by atoms with Crippen molar-refractivity contribution in [2.45, 2.75) is 6.92 Å². The molecule has 1 aliphatic heterocycles. The van der Waals surface area contributed by atoms with Gasteiger partial charge in [-0.15, -0.1) is 0 Å². The molecule has 0 saturated heterocycles. The molecule has 33 heavy (non-hydrogen) atoms. The summed E-state index contributed by atoms with van der Waals surface area (Å²) < 4.78 is 15.2. The molecule has 8 nitrogen and oxygen atoms in total. The molecule has 0 unspecified atom stereocenters. The third-order valence-corrected chi connectivity index (χ3v) is 4.98. The average Bonchev–Trinajstić information content (AvgIpc) is 3.23. The van der Waals surface area contributed by atoms with Crippen LogP contribution in [0.5, 0.6) is 0 Å². The molecule has 0 saturated carbocycles. The first-order chi connectivity index (χ1) is 16.0. The van der Waals surface area contributed by atoms with Gasteiger partial charge < -0.3 is 18.9 Å². The second kappa shape index (κ2) is 9.35. The maximum absolute atomic E-state index is 12.6. The van der Waals surface area contributed by atoms with Gasteiger partial charge in [0.2, 0.25) is 5.82 Å². The van der Waals surface area contributed by atoms with Gasteiger partial charge in [0.15, 0.2) is 0 Å². The lowest BCUT2D eigenvalue weighted by Gasteiger charge is -2.23.